The highest BCUT2D eigenvalue weighted by atomic mass is 16.4. The molecule has 0 saturated carbocycles. The van der Waals surface area contributed by atoms with Gasteiger partial charge in [-0.15, -0.1) is 0 Å². The summed E-state index contributed by atoms with van der Waals surface area (Å²) in [6.07, 6.45) is 2.82. The highest BCUT2D eigenvalue weighted by Gasteiger charge is 2.32. The average molecular weight is 376 g/mol. The number of fused-ring (bicyclic) bond motifs is 9. The van der Waals surface area contributed by atoms with Gasteiger partial charge in [0.05, 0.1) is 5.39 Å². The molecule has 0 fully saturated rings. The number of benzene rings is 3. The molecule has 5 aromatic rings. The van der Waals surface area contributed by atoms with Crippen LogP contribution < -0.4 is 10.9 Å². The minimum atomic E-state index is -0.287. The van der Waals surface area contributed by atoms with Crippen LogP contribution in [0, 0.1) is 0 Å². The van der Waals surface area contributed by atoms with Crippen molar-refractivity contribution in [2.75, 3.05) is 5.32 Å². The van der Waals surface area contributed by atoms with Gasteiger partial charge in [-0.2, -0.15) is 0 Å². The predicted molar refractivity (Wildman–Crippen MR) is 116 cm³/mol. The first-order valence-electron chi connectivity index (χ1n) is 9.84. The topological polar surface area (TPSA) is 58.0 Å². The van der Waals surface area contributed by atoms with Gasteiger partial charge in [-0.05, 0) is 41.6 Å². The maximum absolute atomic E-state index is 12.8. The average Bonchev–Trinajstić information content (AvgIpc) is 3.29. The molecule has 0 amide bonds. The molecule has 3 aromatic carbocycles. The summed E-state index contributed by atoms with van der Waals surface area (Å²) >= 11 is 0. The van der Waals surface area contributed by atoms with E-state index in [2.05, 4.69) is 46.7 Å². The number of aromatic nitrogens is 1. The summed E-state index contributed by atoms with van der Waals surface area (Å²) in [5.41, 5.74) is 6.41. The first-order valence-corrected chi connectivity index (χ1v) is 9.84. The van der Waals surface area contributed by atoms with E-state index in [-0.39, 0.29) is 11.5 Å². The molecule has 3 heterocycles. The first-order chi connectivity index (χ1) is 14.3. The van der Waals surface area contributed by atoms with Crippen molar-refractivity contribution in [1.82, 2.24) is 4.98 Å². The van der Waals surface area contributed by atoms with E-state index >= 15 is 0 Å². The highest BCUT2D eigenvalue weighted by molar-refractivity contribution is 6.12. The van der Waals surface area contributed by atoms with Crippen LogP contribution in [0.25, 0.3) is 38.7 Å². The molecule has 29 heavy (non-hydrogen) atoms. The van der Waals surface area contributed by atoms with Gasteiger partial charge in [-0.25, -0.2) is 4.79 Å². The molecule has 138 valence electrons. The Hall–Kier alpha value is -3.79. The molecular formula is C25H16N2O2. The second-order valence-electron chi connectivity index (χ2n) is 7.91. The molecule has 0 bridgehead atoms. The Kier molecular flexibility index (Phi) is 2.71. The standard InChI is InChI=1S/C25H16N2O2/c28-25-19-11-22-16(13-5-1-3-7-20(13)26-22)9-15(19)18-10-17-14-6-2-4-8-21(14)27-23(17)12-24(18)29-25/h1-9,11-12,17,26-27H,10H2. The van der Waals surface area contributed by atoms with Crippen LogP contribution >= 0.6 is 0 Å². The van der Waals surface area contributed by atoms with Gasteiger partial charge in [0.2, 0.25) is 0 Å². The quantitative estimate of drug-likeness (QED) is 0.373. The fraction of sp³-hybridized carbons (Fsp3) is 0.0800. The predicted octanol–water partition coefficient (Wildman–Crippen LogP) is 5.53. The van der Waals surface area contributed by atoms with Crippen LogP contribution in [0.3, 0.4) is 0 Å². The van der Waals surface area contributed by atoms with Crippen LogP contribution in [0.4, 0.5) is 5.69 Å². The fourth-order valence-corrected chi connectivity index (χ4v) is 5.02. The van der Waals surface area contributed by atoms with Crippen LogP contribution in [-0.4, -0.2) is 4.98 Å². The normalized spacial score (nSPS) is 17.1. The van der Waals surface area contributed by atoms with Crippen molar-refractivity contribution in [2.24, 2.45) is 0 Å². The second kappa shape index (κ2) is 5.17. The van der Waals surface area contributed by atoms with Crippen molar-refractivity contribution < 1.29 is 4.42 Å². The third-order valence-corrected chi connectivity index (χ3v) is 6.37. The molecule has 0 spiro atoms. The number of hydrogen-bond acceptors (Lipinski definition) is 3. The van der Waals surface area contributed by atoms with Crippen molar-refractivity contribution in [1.29, 1.82) is 0 Å². The van der Waals surface area contributed by atoms with Gasteiger partial charge in [0.1, 0.15) is 5.76 Å². The zero-order valence-electron chi connectivity index (χ0n) is 15.5. The molecule has 1 atom stereocenters. The molecule has 0 saturated heterocycles. The van der Waals surface area contributed by atoms with E-state index in [1.54, 1.807) is 0 Å². The first kappa shape index (κ1) is 15.2. The zero-order chi connectivity index (χ0) is 19.1. The van der Waals surface area contributed by atoms with Gasteiger partial charge < -0.3 is 14.7 Å². The SMILES string of the molecule is O=c1oc2c(c3cc4c(cc13)[nH]c1ccccc14)CC1C(=C2)Nc2ccccc21. The molecule has 2 aromatic heterocycles. The summed E-state index contributed by atoms with van der Waals surface area (Å²) in [6.45, 7) is 0. The van der Waals surface area contributed by atoms with Gasteiger partial charge in [-0.3, -0.25) is 0 Å². The number of rotatable bonds is 0. The van der Waals surface area contributed by atoms with Crippen LogP contribution in [0.2, 0.25) is 0 Å². The van der Waals surface area contributed by atoms with E-state index in [4.69, 9.17) is 4.42 Å². The maximum Gasteiger partial charge on any atom is 0.344 e. The Morgan fingerprint density at radius 2 is 1.72 bits per heavy atom. The number of anilines is 1. The Bertz CT molecular complexity index is 1590. The van der Waals surface area contributed by atoms with E-state index in [0.29, 0.717) is 11.1 Å². The summed E-state index contributed by atoms with van der Waals surface area (Å²) in [4.78, 5) is 16.2. The minimum absolute atomic E-state index is 0.272. The maximum atomic E-state index is 12.8. The smallest absolute Gasteiger partial charge is 0.344 e. The highest BCUT2D eigenvalue weighted by Crippen LogP contribution is 2.45. The van der Waals surface area contributed by atoms with Crippen molar-refractivity contribution in [3.05, 3.63) is 93.7 Å². The number of nitrogens with one attached hydrogen (secondary N) is 2. The van der Waals surface area contributed by atoms with E-state index < -0.39 is 0 Å². The third kappa shape index (κ3) is 1.95. The van der Waals surface area contributed by atoms with Crippen LogP contribution in [0.15, 0.2) is 75.6 Å². The van der Waals surface area contributed by atoms with Crippen LogP contribution in [0.5, 0.6) is 0 Å². The van der Waals surface area contributed by atoms with Crippen molar-refractivity contribution >= 4 is 44.3 Å². The zero-order valence-corrected chi connectivity index (χ0v) is 15.5. The van der Waals surface area contributed by atoms with Crippen LogP contribution in [-0.2, 0) is 6.42 Å². The van der Waals surface area contributed by atoms with E-state index in [9.17, 15) is 4.79 Å². The third-order valence-electron chi connectivity index (χ3n) is 6.37. The van der Waals surface area contributed by atoms with Crippen molar-refractivity contribution in [2.45, 2.75) is 12.3 Å². The summed E-state index contributed by atoms with van der Waals surface area (Å²) in [5, 5.41) is 7.43. The largest absolute Gasteiger partial charge is 0.423 e. The molecule has 0 radical (unpaired) electrons. The van der Waals surface area contributed by atoms with E-state index in [0.717, 1.165) is 45.2 Å². The van der Waals surface area contributed by atoms with Crippen molar-refractivity contribution in [3.63, 3.8) is 0 Å². The number of hydrogen-bond donors (Lipinski definition) is 2. The van der Waals surface area contributed by atoms with Crippen LogP contribution in [0.1, 0.15) is 22.8 Å². The molecule has 1 unspecified atom stereocenters. The summed E-state index contributed by atoms with van der Waals surface area (Å²) in [6, 6.07) is 20.7. The molecule has 7 rings (SSSR count). The van der Waals surface area contributed by atoms with E-state index in [1.807, 2.05) is 30.3 Å². The number of H-pyrrole nitrogens is 1. The lowest BCUT2D eigenvalue weighted by Gasteiger charge is -2.21. The van der Waals surface area contributed by atoms with Gasteiger partial charge in [0.25, 0.3) is 0 Å². The molecular weight excluding hydrogens is 360 g/mol. The second-order valence-corrected chi connectivity index (χ2v) is 7.91. The Balaban J connectivity index is 1.54. The van der Waals surface area contributed by atoms with E-state index in [1.165, 1.54) is 10.9 Å². The van der Waals surface area contributed by atoms with Crippen molar-refractivity contribution in [3.8, 4) is 0 Å². The fourth-order valence-electron chi connectivity index (χ4n) is 5.02. The molecule has 4 heteroatoms. The molecule has 2 aliphatic rings. The summed E-state index contributed by atoms with van der Waals surface area (Å²) in [7, 11) is 0. The lowest BCUT2D eigenvalue weighted by atomic mass is 9.85. The summed E-state index contributed by atoms with van der Waals surface area (Å²) < 4.78 is 5.76. The molecule has 1 aliphatic carbocycles. The Labute approximate surface area is 165 Å². The number of para-hydroxylation sites is 2. The lowest BCUT2D eigenvalue weighted by Crippen LogP contribution is -2.14. The summed E-state index contributed by atoms with van der Waals surface area (Å²) in [5.74, 6) is 0.946. The molecule has 1 aliphatic heterocycles. The number of allylic oxidation sites excluding steroid dienone is 1. The monoisotopic (exact) mass is 376 g/mol. The van der Waals surface area contributed by atoms with Gasteiger partial charge in [0.15, 0.2) is 0 Å². The molecule has 4 nitrogen and oxygen atoms in total. The Morgan fingerprint density at radius 3 is 2.69 bits per heavy atom. The lowest BCUT2D eigenvalue weighted by molar-refractivity contribution is 0.497. The van der Waals surface area contributed by atoms with Gasteiger partial charge in [-0.1, -0.05) is 36.4 Å². The van der Waals surface area contributed by atoms with Gasteiger partial charge in [0, 0.05) is 50.7 Å². The minimum Gasteiger partial charge on any atom is -0.423 e. The molecule has 2 N–H and O–H groups in total. The number of aromatic amines is 1. The Morgan fingerprint density at radius 1 is 0.862 bits per heavy atom. The van der Waals surface area contributed by atoms with Gasteiger partial charge >= 0.3 is 5.63 Å².